The molecule has 0 fully saturated rings. The highest BCUT2D eigenvalue weighted by molar-refractivity contribution is 5.85. The highest BCUT2D eigenvalue weighted by Crippen LogP contribution is 1.89. The standard InChI is InChI=1S/C7H16NO2.C5H8O2/c1-7(9)10-6-5-8(2,3)4;1-3-4(2)5(6)7/h5-6H2,1-4H3;3H,1-2H3,(H,6,7)/q+1;/b;4-3+. The van der Waals surface area contributed by atoms with Crippen LogP contribution in [0.15, 0.2) is 11.6 Å². The zero-order valence-corrected chi connectivity index (χ0v) is 11.6. The third-order valence-electron chi connectivity index (χ3n) is 1.84. The Labute approximate surface area is 103 Å². The van der Waals surface area contributed by atoms with Gasteiger partial charge in [-0.05, 0) is 13.8 Å². The van der Waals surface area contributed by atoms with Crippen molar-refractivity contribution in [3.05, 3.63) is 11.6 Å². The Bertz CT molecular complexity index is 277. The van der Waals surface area contributed by atoms with Crippen molar-refractivity contribution in [3.8, 4) is 0 Å². The Hall–Kier alpha value is -1.36. The number of hydrogen-bond acceptors (Lipinski definition) is 3. The largest absolute Gasteiger partial charge is 0.478 e. The van der Waals surface area contributed by atoms with Crippen LogP contribution in [0.5, 0.6) is 0 Å². The van der Waals surface area contributed by atoms with Crippen LogP contribution in [-0.4, -0.2) is 55.8 Å². The number of aliphatic carboxylic acids is 1. The number of carboxylic acid groups (broad SMARTS) is 1. The highest BCUT2D eigenvalue weighted by Gasteiger charge is 2.06. The van der Waals surface area contributed by atoms with E-state index in [4.69, 9.17) is 9.84 Å². The summed E-state index contributed by atoms with van der Waals surface area (Å²) >= 11 is 0. The number of esters is 1. The van der Waals surface area contributed by atoms with Crippen LogP contribution in [-0.2, 0) is 14.3 Å². The number of carbonyl (C=O) groups is 2. The molecule has 0 saturated heterocycles. The zero-order chi connectivity index (χ0) is 14.1. The number of allylic oxidation sites excluding steroid dienone is 1. The van der Waals surface area contributed by atoms with Gasteiger partial charge in [-0.15, -0.1) is 0 Å². The summed E-state index contributed by atoms with van der Waals surface area (Å²) in [7, 11) is 6.18. The second-order valence-corrected chi connectivity index (χ2v) is 4.63. The van der Waals surface area contributed by atoms with Crippen molar-refractivity contribution in [3.63, 3.8) is 0 Å². The van der Waals surface area contributed by atoms with Gasteiger partial charge in [-0.25, -0.2) is 4.79 Å². The normalized spacial score (nSPS) is 11.3. The summed E-state index contributed by atoms with van der Waals surface area (Å²) in [6.45, 7) is 6.06. The van der Waals surface area contributed by atoms with Gasteiger partial charge in [0.25, 0.3) is 0 Å². The first kappa shape index (κ1) is 18.0. The van der Waals surface area contributed by atoms with E-state index in [0.29, 0.717) is 12.2 Å². The monoisotopic (exact) mass is 246 g/mol. The summed E-state index contributed by atoms with van der Waals surface area (Å²) in [6, 6.07) is 0. The third-order valence-corrected chi connectivity index (χ3v) is 1.84. The average molecular weight is 246 g/mol. The lowest BCUT2D eigenvalue weighted by atomic mass is 10.3. The molecular weight excluding hydrogens is 222 g/mol. The van der Waals surface area contributed by atoms with Gasteiger partial charge in [-0.3, -0.25) is 4.79 Å². The van der Waals surface area contributed by atoms with Crippen LogP contribution in [0.4, 0.5) is 0 Å². The lowest BCUT2D eigenvalue weighted by molar-refractivity contribution is -0.870. The quantitative estimate of drug-likeness (QED) is 0.461. The van der Waals surface area contributed by atoms with Crippen molar-refractivity contribution in [2.24, 2.45) is 0 Å². The molecule has 17 heavy (non-hydrogen) atoms. The van der Waals surface area contributed by atoms with Crippen molar-refractivity contribution in [2.45, 2.75) is 20.8 Å². The van der Waals surface area contributed by atoms with Gasteiger partial charge >= 0.3 is 11.9 Å². The molecule has 1 N–H and O–H groups in total. The molecule has 0 aliphatic heterocycles. The molecule has 0 radical (unpaired) electrons. The van der Waals surface area contributed by atoms with Crippen LogP contribution in [0.25, 0.3) is 0 Å². The predicted molar refractivity (Wildman–Crippen MR) is 66.6 cm³/mol. The second kappa shape index (κ2) is 8.75. The first-order valence-electron chi connectivity index (χ1n) is 5.40. The molecule has 0 aromatic rings. The smallest absolute Gasteiger partial charge is 0.330 e. The average Bonchev–Trinajstić information content (AvgIpc) is 2.14. The Morgan fingerprint density at radius 3 is 1.88 bits per heavy atom. The molecule has 100 valence electrons. The van der Waals surface area contributed by atoms with E-state index in [9.17, 15) is 9.59 Å². The summed E-state index contributed by atoms with van der Waals surface area (Å²) in [5.41, 5.74) is 0.389. The second-order valence-electron chi connectivity index (χ2n) is 4.63. The Balaban J connectivity index is 0. The Morgan fingerprint density at radius 1 is 1.24 bits per heavy atom. The molecule has 0 atom stereocenters. The van der Waals surface area contributed by atoms with Crippen LogP contribution >= 0.6 is 0 Å². The molecule has 0 aromatic heterocycles. The minimum absolute atomic E-state index is 0.201. The number of quaternary nitrogens is 1. The van der Waals surface area contributed by atoms with Gasteiger partial charge < -0.3 is 14.3 Å². The molecule has 0 heterocycles. The van der Waals surface area contributed by atoms with Crippen LogP contribution in [0.1, 0.15) is 20.8 Å². The highest BCUT2D eigenvalue weighted by atomic mass is 16.5. The summed E-state index contributed by atoms with van der Waals surface area (Å²) in [5, 5.41) is 8.11. The Kier molecular flexibility index (Phi) is 9.28. The SMILES string of the molecule is C/C=C(\C)C(=O)O.CC(=O)OCC[N+](C)(C)C. The van der Waals surface area contributed by atoms with E-state index >= 15 is 0 Å². The number of carboxylic acids is 1. The van der Waals surface area contributed by atoms with Crippen molar-refractivity contribution in [1.82, 2.24) is 0 Å². The van der Waals surface area contributed by atoms with E-state index in [2.05, 4.69) is 21.1 Å². The number of nitrogens with zero attached hydrogens (tertiary/aromatic N) is 1. The van der Waals surface area contributed by atoms with Gasteiger partial charge in [-0.1, -0.05) is 6.08 Å². The summed E-state index contributed by atoms with van der Waals surface area (Å²) in [5.74, 6) is -1.05. The maximum absolute atomic E-state index is 10.3. The van der Waals surface area contributed by atoms with Crippen LogP contribution in [0.3, 0.4) is 0 Å². The van der Waals surface area contributed by atoms with E-state index < -0.39 is 5.97 Å². The first-order valence-corrected chi connectivity index (χ1v) is 5.40. The van der Waals surface area contributed by atoms with Crippen molar-refractivity contribution in [1.29, 1.82) is 0 Å². The van der Waals surface area contributed by atoms with Gasteiger partial charge in [0.15, 0.2) is 0 Å². The summed E-state index contributed by atoms with van der Waals surface area (Å²) in [6.07, 6.45) is 1.56. The third kappa shape index (κ3) is 17.3. The zero-order valence-electron chi connectivity index (χ0n) is 11.6. The fourth-order valence-corrected chi connectivity index (χ4v) is 0.587. The molecule has 0 spiro atoms. The topological polar surface area (TPSA) is 63.6 Å². The summed E-state index contributed by atoms with van der Waals surface area (Å²) < 4.78 is 5.59. The van der Waals surface area contributed by atoms with E-state index in [1.165, 1.54) is 6.92 Å². The number of ether oxygens (including phenoxy) is 1. The van der Waals surface area contributed by atoms with Gasteiger partial charge in [0.05, 0.1) is 21.1 Å². The van der Waals surface area contributed by atoms with Gasteiger partial charge in [-0.2, -0.15) is 0 Å². The van der Waals surface area contributed by atoms with Gasteiger partial charge in [0.2, 0.25) is 0 Å². The molecule has 0 aliphatic rings. The minimum Gasteiger partial charge on any atom is -0.478 e. The molecule has 0 aliphatic carbocycles. The molecule has 5 heteroatoms. The lowest BCUT2D eigenvalue weighted by Crippen LogP contribution is -2.37. The number of hydrogen-bond donors (Lipinski definition) is 1. The van der Waals surface area contributed by atoms with Crippen LogP contribution in [0, 0.1) is 0 Å². The van der Waals surface area contributed by atoms with E-state index in [-0.39, 0.29) is 5.97 Å². The lowest BCUT2D eigenvalue weighted by Gasteiger charge is -2.23. The molecular formula is C12H24NO4+. The van der Waals surface area contributed by atoms with Gasteiger partial charge in [0.1, 0.15) is 13.2 Å². The van der Waals surface area contributed by atoms with Crippen molar-refractivity contribution < 1.29 is 23.9 Å². The molecule has 0 bridgehead atoms. The van der Waals surface area contributed by atoms with Gasteiger partial charge in [0, 0.05) is 12.5 Å². The van der Waals surface area contributed by atoms with Crippen LogP contribution in [0.2, 0.25) is 0 Å². The van der Waals surface area contributed by atoms with E-state index in [1.807, 2.05) is 0 Å². The molecule has 0 aromatic carbocycles. The van der Waals surface area contributed by atoms with E-state index in [0.717, 1.165) is 11.0 Å². The maximum Gasteiger partial charge on any atom is 0.330 e. The van der Waals surface area contributed by atoms with Crippen molar-refractivity contribution >= 4 is 11.9 Å². The fourth-order valence-electron chi connectivity index (χ4n) is 0.587. The van der Waals surface area contributed by atoms with E-state index in [1.54, 1.807) is 19.9 Å². The molecule has 0 rings (SSSR count). The molecule has 0 amide bonds. The molecule has 0 saturated carbocycles. The number of likely N-dealkylation sites (N-methyl/N-ethyl adjacent to an activating group) is 1. The number of rotatable bonds is 4. The van der Waals surface area contributed by atoms with Crippen molar-refractivity contribution in [2.75, 3.05) is 34.3 Å². The maximum atomic E-state index is 10.3. The molecule has 5 nitrogen and oxygen atoms in total. The Morgan fingerprint density at radius 2 is 1.71 bits per heavy atom. The number of carbonyl (C=O) groups excluding carboxylic acids is 1. The predicted octanol–water partition coefficient (Wildman–Crippen LogP) is 1.29. The van der Waals surface area contributed by atoms with Crippen LogP contribution < -0.4 is 0 Å². The fraction of sp³-hybridized carbons (Fsp3) is 0.667. The molecule has 0 unspecified atom stereocenters. The summed E-state index contributed by atoms with van der Waals surface area (Å²) in [4.78, 5) is 20.2. The minimum atomic E-state index is -0.845. The first-order chi connectivity index (χ1) is 7.60.